The molecule has 0 spiro atoms. The summed E-state index contributed by atoms with van der Waals surface area (Å²) in [7, 11) is 3.17. The van der Waals surface area contributed by atoms with Crippen LogP contribution in [0.3, 0.4) is 0 Å². The maximum absolute atomic E-state index is 12.9. The van der Waals surface area contributed by atoms with Crippen molar-refractivity contribution in [3.8, 4) is 17.4 Å². The summed E-state index contributed by atoms with van der Waals surface area (Å²) in [5.74, 6) is 0.982. The number of piperazine rings is 1. The largest absolute Gasteiger partial charge is 0.497 e. The van der Waals surface area contributed by atoms with Gasteiger partial charge < -0.3 is 24.5 Å². The van der Waals surface area contributed by atoms with Gasteiger partial charge in [-0.15, -0.1) is 0 Å². The van der Waals surface area contributed by atoms with E-state index in [1.54, 1.807) is 26.4 Å². The molecule has 2 aromatic carbocycles. The minimum atomic E-state index is -0.562. The summed E-state index contributed by atoms with van der Waals surface area (Å²) in [5.41, 5.74) is 1.64. The SMILES string of the molecule is COc1ccc(OC)c([C@@H](c2c(O)[nH]c(=S)[nH]c2=O)N2CCN(c3ccccc3)CC2)c1. The molecule has 1 fully saturated rings. The first kappa shape index (κ1) is 21.9. The van der Waals surface area contributed by atoms with Crippen LogP contribution in [0.5, 0.6) is 17.4 Å². The zero-order valence-corrected chi connectivity index (χ0v) is 18.8. The number of H-pyrrole nitrogens is 2. The molecule has 4 rings (SSSR count). The number of nitrogens with one attached hydrogen (secondary N) is 2. The first-order chi connectivity index (χ1) is 15.5. The van der Waals surface area contributed by atoms with Crippen molar-refractivity contribution in [2.45, 2.75) is 6.04 Å². The van der Waals surface area contributed by atoms with Crippen LogP contribution in [0.4, 0.5) is 5.69 Å². The van der Waals surface area contributed by atoms with Crippen LogP contribution in [0.25, 0.3) is 0 Å². The topological polar surface area (TPSA) is 93.8 Å². The van der Waals surface area contributed by atoms with E-state index in [4.69, 9.17) is 21.7 Å². The summed E-state index contributed by atoms with van der Waals surface area (Å²) in [5, 5.41) is 10.7. The molecule has 2 heterocycles. The molecule has 0 bridgehead atoms. The average molecular weight is 455 g/mol. The lowest BCUT2D eigenvalue weighted by Crippen LogP contribution is -2.48. The van der Waals surface area contributed by atoms with Crippen molar-refractivity contribution in [2.75, 3.05) is 45.3 Å². The molecule has 3 aromatic rings. The summed E-state index contributed by atoms with van der Waals surface area (Å²) >= 11 is 5.03. The Morgan fingerprint density at radius 1 is 1.00 bits per heavy atom. The predicted octanol–water partition coefficient (Wildman–Crippen LogP) is 3.07. The minimum absolute atomic E-state index is 0.0708. The second-order valence-corrected chi connectivity index (χ2v) is 7.95. The van der Waals surface area contributed by atoms with E-state index in [9.17, 15) is 9.90 Å². The van der Waals surface area contributed by atoms with Crippen molar-refractivity contribution in [3.63, 3.8) is 0 Å². The molecule has 1 aliphatic heterocycles. The monoisotopic (exact) mass is 454 g/mol. The van der Waals surface area contributed by atoms with Crippen LogP contribution >= 0.6 is 12.2 Å². The summed E-state index contributed by atoms with van der Waals surface area (Å²) in [4.78, 5) is 22.7. The molecular weight excluding hydrogens is 428 g/mol. The van der Waals surface area contributed by atoms with E-state index < -0.39 is 11.6 Å². The highest BCUT2D eigenvalue weighted by Gasteiger charge is 2.33. The van der Waals surface area contributed by atoms with Crippen molar-refractivity contribution in [1.82, 2.24) is 14.9 Å². The van der Waals surface area contributed by atoms with Crippen LogP contribution in [-0.2, 0) is 0 Å². The van der Waals surface area contributed by atoms with Gasteiger partial charge >= 0.3 is 0 Å². The molecule has 0 amide bonds. The lowest BCUT2D eigenvalue weighted by molar-refractivity contribution is 0.203. The molecule has 3 N–H and O–H groups in total. The number of aromatic nitrogens is 2. The molecule has 1 atom stereocenters. The van der Waals surface area contributed by atoms with Gasteiger partial charge in [0.05, 0.1) is 25.8 Å². The number of aromatic hydroxyl groups is 1. The van der Waals surface area contributed by atoms with Crippen molar-refractivity contribution in [1.29, 1.82) is 0 Å². The van der Waals surface area contributed by atoms with Gasteiger partial charge in [0.15, 0.2) is 4.77 Å². The smallest absolute Gasteiger partial charge is 0.260 e. The Kier molecular flexibility index (Phi) is 6.48. The Labute approximate surface area is 191 Å². The van der Waals surface area contributed by atoms with E-state index in [1.165, 1.54) is 0 Å². The molecule has 0 saturated carbocycles. The molecule has 0 aliphatic carbocycles. The van der Waals surface area contributed by atoms with Gasteiger partial charge in [-0.1, -0.05) is 18.2 Å². The Morgan fingerprint density at radius 3 is 2.34 bits per heavy atom. The van der Waals surface area contributed by atoms with Crippen LogP contribution in [0, 0.1) is 4.77 Å². The number of hydrogen-bond donors (Lipinski definition) is 3. The predicted molar refractivity (Wildman–Crippen MR) is 126 cm³/mol. The summed E-state index contributed by atoms with van der Waals surface area (Å²) < 4.78 is 11.1. The summed E-state index contributed by atoms with van der Waals surface area (Å²) in [6, 6.07) is 15.1. The molecule has 32 heavy (non-hydrogen) atoms. The number of anilines is 1. The quantitative estimate of drug-likeness (QED) is 0.493. The van der Waals surface area contributed by atoms with Gasteiger partial charge in [0.1, 0.15) is 11.5 Å². The average Bonchev–Trinajstić information content (AvgIpc) is 2.81. The molecule has 0 radical (unpaired) electrons. The standard InChI is InChI=1S/C23H26N4O4S/c1-30-16-8-9-18(31-2)17(14-16)20(19-21(28)24-23(32)25-22(19)29)27-12-10-26(11-13-27)15-6-4-3-5-7-15/h3-9,14,20H,10-13H2,1-2H3,(H3,24,25,28,29,32)/t20-/m0/s1. The Balaban J connectivity index is 1.77. The zero-order chi connectivity index (χ0) is 22.7. The third kappa shape index (κ3) is 4.35. The number of methoxy groups -OCH3 is 2. The highest BCUT2D eigenvalue weighted by molar-refractivity contribution is 7.71. The van der Waals surface area contributed by atoms with E-state index >= 15 is 0 Å². The summed E-state index contributed by atoms with van der Waals surface area (Å²) in [6.07, 6.45) is 0. The molecule has 168 valence electrons. The molecule has 0 unspecified atom stereocenters. The molecule has 9 heteroatoms. The van der Waals surface area contributed by atoms with Gasteiger partial charge in [-0.3, -0.25) is 14.7 Å². The number of rotatable bonds is 6. The maximum Gasteiger partial charge on any atom is 0.260 e. The Hall–Kier alpha value is -3.30. The first-order valence-corrected chi connectivity index (χ1v) is 10.7. The first-order valence-electron chi connectivity index (χ1n) is 10.3. The van der Waals surface area contributed by atoms with Gasteiger partial charge in [0.2, 0.25) is 5.88 Å². The number of hydrogen-bond acceptors (Lipinski definition) is 7. The highest BCUT2D eigenvalue weighted by Crippen LogP contribution is 2.38. The van der Waals surface area contributed by atoms with E-state index in [0.717, 1.165) is 24.3 Å². The Morgan fingerprint density at radius 2 is 1.72 bits per heavy atom. The number of benzene rings is 2. The summed E-state index contributed by atoms with van der Waals surface area (Å²) in [6.45, 7) is 2.89. The van der Waals surface area contributed by atoms with E-state index in [-0.39, 0.29) is 16.2 Å². The molecular formula is C23H26N4O4S. The lowest BCUT2D eigenvalue weighted by Gasteiger charge is -2.40. The van der Waals surface area contributed by atoms with Gasteiger partial charge in [0.25, 0.3) is 5.56 Å². The fraction of sp³-hybridized carbons (Fsp3) is 0.304. The number of nitrogens with zero attached hydrogens (tertiary/aromatic N) is 2. The fourth-order valence-corrected chi connectivity index (χ4v) is 4.39. The van der Waals surface area contributed by atoms with Crippen LogP contribution in [0.2, 0.25) is 0 Å². The van der Waals surface area contributed by atoms with Crippen molar-refractivity contribution < 1.29 is 14.6 Å². The number of para-hydroxylation sites is 1. The molecule has 1 saturated heterocycles. The lowest BCUT2D eigenvalue weighted by atomic mass is 9.96. The van der Waals surface area contributed by atoms with Crippen LogP contribution < -0.4 is 19.9 Å². The molecule has 1 aromatic heterocycles. The van der Waals surface area contributed by atoms with Crippen molar-refractivity contribution in [3.05, 3.63) is 74.8 Å². The molecule has 8 nitrogen and oxygen atoms in total. The normalized spacial score (nSPS) is 15.4. The van der Waals surface area contributed by atoms with Crippen LogP contribution in [0.1, 0.15) is 17.2 Å². The fourth-order valence-electron chi connectivity index (χ4n) is 4.20. The second-order valence-electron chi connectivity index (χ2n) is 7.54. The zero-order valence-electron chi connectivity index (χ0n) is 18.0. The van der Waals surface area contributed by atoms with Crippen LogP contribution in [-0.4, -0.2) is 60.4 Å². The maximum atomic E-state index is 12.9. The van der Waals surface area contributed by atoms with Gasteiger partial charge in [-0.25, -0.2) is 0 Å². The van der Waals surface area contributed by atoms with Crippen molar-refractivity contribution in [2.24, 2.45) is 0 Å². The van der Waals surface area contributed by atoms with Gasteiger partial charge in [-0.2, -0.15) is 0 Å². The minimum Gasteiger partial charge on any atom is -0.497 e. The van der Waals surface area contributed by atoms with Crippen molar-refractivity contribution >= 4 is 17.9 Å². The van der Waals surface area contributed by atoms with Gasteiger partial charge in [0, 0.05) is 37.4 Å². The third-order valence-electron chi connectivity index (χ3n) is 5.76. The van der Waals surface area contributed by atoms with Gasteiger partial charge in [-0.05, 0) is 42.5 Å². The Bertz CT molecular complexity index is 1190. The van der Waals surface area contributed by atoms with Crippen LogP contribution in [0.15, 0.2) is 53.3 Å². The number of aromatic amines is 2. The highest BCUT2D eigenvalue weighted by atomic mass is 32.1. The van der Waals surface area contributed by atoms with E-state index in [1.807, 2.05) is 24.3 Å². The van der Waals surface area contributed by atoms with E-state index in [2.05, 4.69) is 31.9 Å². The molecule has 1 aliphatic rings. The van der Waals surface area contributed by atoms with E-state index in [0.29, 0.717) is 24.6 Å². The third-order valence-corrected chi connectivity index (χ3v) is 5.97. The number of ether oxygens (including phenoxy) is 2. The second kappa shape index (κ2) is 9.46.